The summed E-state index contributed by atoms with van der Waals surface area (Å²) in [5.41, 5.74) is 11.7. The average Bonchev–Trinajstić information content (AvgIpc) is 3.27. The molecule has 2 aromatic heterocycles. The molecule has 0 atom stereocenters. The second kappa shape index (κ2) is 10.4. The summed E-state index contributed by atoms with van der Waals surface area (Å²) in [4.78, 5) is 41.1. The molecule has 0 saturated heterocycles. The van der Waals surface area contributed by atoms with Crippen LogP contribution >= 0.6 is 0 Å². The molecular formula is C27H28N6O3. The molecule has 36 heavy (non-hydrogen) atoms. The lowest BCUT2D eigenvalue weighted by atomic mass is 10.1. The summed E-state index contributed by atoms with van der Waals surface area (Å²) in [7, 11) is 0. The van der Waals surface area contributed by atoms with Gasteiger partial charge in [0.15, 0.2) is 5.65 Å². The summed E-state index contributed by atoms with van der Waals surface area (Å²) in [6, 6.07) is 14.7. The summed E-state index contributed by atoms with van der Waals surface area (Å²) in [6.07, 6.45) is 2.15. The van der Waals surface area contributed by atoms with E-state index in [0.29, 0.717) is 29.9 Å². The Morgan fingerprint density at radius 3 is 2.50 bits per heavy atom. The number of primary amides is 1. The van der Waals surface area contributed by atoms with Crippen LogP contribution in [0.1, 0.15) is 55.2 Å². The van der Waals surface area contributed by atoms with Crippen LogP contribution in [0.3, 0.4) is 0 Å². The highest BCUT2D eigenvalue weighted by atomic mass is 16.2. The van der Waals surface area contributed by atoms with Gasteiger partial charge in [0.05, 0.1) is 6.20 Å². The maximum atomic E-state index is 12.6. The summed E-state index contributed by atoms with van der Waals surface area (Å²) < 4.78 is 1.58. The van der Waals surface area contributed by atoms with Crippen LogP contribution in [-0.2, 0) is 17.8 Å². The maximum absolute atomic E-state index is 12.6. The maximum Gasteiger partial charge on any atom is 0.255 e. The lowest BCUT2D eigenvalue weighted by Crippen LogP contribution is -2.23. The predicted molar refractivity (Wildman–Crippen MR) is 137 cm³/mol. The van der Waals surface area contributed by atoms with Gasteiger partial charge in [-0.3, -0.25) is 14.4 Å². The van der Waals surface area contributed by atoms with Crippen molar-refractivity contribution in [2.45, 2.75) is 40.2 Å². The zero-order chi connectivity index (χ0) is 25.8. The summed E-state index contributed by atoms with van der Waals surface area (Å²) >= 11 is 0. The molecule has 4 aromatic rings. The molecule has 4 rings (SSSR count). The molecule has 0 fully saturated rings. The van der Waals surface area contributed by atoms with E-state index in [1.54, 1.807) is 16.6 Å². The zero-order valence-corrected chi connectivity index (χ0v) is 20.5. The van der Waals surface area contributed by atoms with E-state index in [1.807, 2.05) is 57.2 Å². The largest absolute Gasteiger partial charge is 0.365 e. The minimum atomic E-state index is -0.581. The number of nitrogens with two attached hydrogens (primary N) is 1. The highest BCUT2D eigenvalue weighted by molar-refractivity contribution is 6.04. The summed E-state index contributed by atoms with van der Waals surface area (Å²) in [5.74, 6) is -0.879. The zero-order valence-electron chi connectivity index (χ0n) is 20.5. The van der Waals surface area contributed by atoms with Crippen LogP contribution in [-0.4, -0.2) is 32.3 Å². The third-order valence-corrected chi connectivity index (χ3v) is 6.06. The number of fused-ring (bicyclic) bond motifs is 1. The van der Waals surface area contributed by atoms with Crippen molar-refractivity contribution in [1.29, 1.82) is 0 Å². The van der Waals surface area contributed by atoms with E-state index in [0.717, 1.165) is 28.1 Å². The first-order valence-electron chi connectivity index (χ1n) is 11.6. The summed E-state index contributed by atoms with van der Waals surface area (Å²) in [5, 5.41) is 10.0. The number of anilines is 1. The van der Waals surface area contributed by atoms with Crippen LogP contribution in [0.2, 0.25) is 0 Å². The number of aryl methyl sites for hydroxylation is 3. The first-order chi connectivity index (χ1) is 17.2. The standard InChI is InChI=1S/C27H28N6O3/c1-16-7-9-20(10-8-16)27(36)32-21-6-4-5-19(13-21)14-29-24(34)12-11-22-17(2)31-26-23(25(28)35)15-30-33(26)18(22)3/h4-10,13,15H,11-12,14H2,1-3H3,(H2,28,35)(H,29,34)(H,32,36). The second-order valence-electron chi connectivity index (χ2n) is 8.72. The normalized spacial score (nSPS) is 10.9. The number of hydrogen-bond donors (Lipinski definition) is 3. The number of nitrogens with one attached hydrogen (secondary N) is 2. The highest BCUT2D eigenvalue weighted by Gasteiger charge is 2.17. The van der Waals surface area contributed by atoms with E-state index < -0.39 is 5.91 Å². The van der Waals surface area contributed by atoms with E-state index in [2.05, 4.69) is 20.7 Å². The Balaban J connectivity index is 1.35. The number of carbonyl (C=O) groups excluding carboxylic acids is 3. The molecule has 0 spiro atoms. The SMILES string of the molecule is Cc1ccc(C(=O)Nc2cccc(CNC(=O)CCc3c(C)nc4c(C(N)=O)cnn4c3C)c2)cc1. The first kappa shape index (κ1) is 24.6. The molecule has 3 amide bonds. The first-order valence-corrected chi connectivity index (χ1v) is 11.6. The Bertz CT molecular complexity index is 1460. The lowest BCUT2D eigenvalue weighted by Gasteiger charge is -2.12. The van der Waals surface area contributed by atoms with Crippen molar-refractivity contribution < 1.29 is 14.4 Å². The fraction of sp³-hybridized carbons (Fsp3) is 0.222. The molecule has 0 radical (unpaired) electrons. The van der Waals surface area contributed by atoms with E-state index in [4.69, 9.17) is 5.73 Å². The molecule has 2 heterocycles. The predicted octanol–water partition coefficient (Wildman–Crippen LogP) is 3.25. The van der Waals surface area contributed by atoms with E-state index >= 15 is 0 Å². The average molecular weight is 485 g/mol. The summed E-state index contributed by atoms with van der Waals surface area (Å²) in [6.45, 7) is 6.03. The molecule has 4 N–H and O–H groups in total. The molecule has 184 valence electrons. The van der Waals surface area contributed by atoms with Gasteiger partial charge in [-0.15, -0.1) is 0 Å². The van der Waals surface area contributed by atoms with Gasteiger partial charge in [0.25, 0.3) is 11.8 Å². The molecular weight excluding hydrogens is 456 g/mol. The monoisotopic (exact) mass is 484 g/mol. The number of benzene rings is 2. The van der Waals surface area contributed by atoms with Crippen molar-refractivity contribution >= 4 is 29.1 Å². The molecule has 0 aliphatic heterocycles. The number of carbonyl (C=O) groups is 3. The van der Waals surface area contributed by atoms with Crippen molar-refractivity contribution in [2.75, 3.05) is 5.32 Å². The highest BCUT2D eigenvalue weighted by Crippen LogP contribution is 2.19. The van der Waals surface area contributed by atoms with Crippen molar-refractivity contribution in [2.24, 2.45) is 5.73 Å². The van der Waals surface area contributed by atoms with Crippen molar-refractivity contribution in [1.82, 2.24) is 19.9 Å². The Morgan fingerprint density at radius 1 is 1.03 bits per heavy atom. The number of nitrogens with zero attached hydrogens (tertiary/aromatic N) is 3. The van der Waals surface area contributed by atoms with Gasteiger partial charge in [-0.1, -0.05) is 29.8 Å². The molecule has 0 aliphatic carbocycles. The van der Waals surface area contributed by atoms with Gasteiger partial charge in [0.2, 0.25) is 5.91 Å². The van der Waals surface area contributed by atoms with Crippen molar-refractivity contribution in [3.63, 3.8) is 0 Å². The third kappa shape index (κ3) is 5.41. The third-order valence-electron chi connectivity index (χ3n) is 6.06. The minimum Gasteiger partial charge on any atom is -0.365 e. The molecule has 9 heteroatoms. The van der Waals surface area contributed by atoms with Gasteiger partial charge in [0, 0.05) is 35.6 Å². The van der Waals surface area contributed by atoms with E-state index in [9.17, 15) is 14.4 Å². The van der Waals surface area contributed by atoms with Gasteiger partial charge < -0.3 is 16.4 Å². The van der Waals surface area contributed by atoms with Gasteiger partial charge >= 0.3 is 0 Å². The van der Waals surface area contributed by atoms with Crippen LogP contribution in [0.25, 0.3) is 5.65 Å². The van der Waals surface area contributed by atoms with Gasteiger partial charge in [-0.05, 0) is 62.6 Å². The lowest BCUT2D eigenvalue weighted by molar-refractivity contribution is -0.121. The van der Waals surface area contributed by atoms with E-state index in [-0.39, 0.29) is 23.8 Å². The molecule has 2 aromatic carbocycles. The second-order valence-corrected chi connectivity index (χ2v) is 8.72. The molecule has 0 unspecified atom stereocenters. The molecule has 0 saturated carbocycles. The van der Waals surface area contributed by atoms with E-state index in [1.165, 1.54) is 6.20 Å². The number of rotatable bonds is 8. The topological polar surface area (TPSA) is 131 Å². The van der Waals surface area contributed by atoms with Crippen LogP contribution in [0.4, 0.5) is 5.69 Å². The van der Waals surface area contributed by atoms with Crippen LogP contribution in [0.15, 0.2) is 54.7 Å². The fourth-order valence-electron chi connectivity index (χ4n) is 4.04. The molecule has 0 aliphatic rings. The Hall–Kier alpha value is -4.53. The fourth-order valence-corrected chi connectivity index (χ4v) is 4.04. The number of hydrogen-bond acceptors (Lipinski definition) is 5. The van der Waals surface area contributed by atoms with Gasteiger partial charge in [0.1, 0.15) is 5.56 Å². The van der Waals surface area contributed by atoms with Crippen molar-refractivity contribution in [3.05, 3.63) is 93.9 Å². The Morgan fingerprint density at radius 2 is 1.78 bits per heavy atom. The van der Waals surface area contributed by atoms with Crippen molar-refractivity contribution in [3.8, 4) is 0 Å². The smallest absolute Gasteiger partial charge is 0.255 e. The number of amides is 3. The van der Waals surface area contributed by atoms with Crippen LogP contribution in [0, 0.1) is 20.8 Å². The number of aromatic nitrogens is 3. The van der Waals surface area contributed by atoms with Gasteiger partial charge in [-0.25, -0.2) is 9.50 Å². The van der Waals surface area contributed by atoms with Crippen LogP contribution < -0.4 is 16.4 Å². The quantitative estimate of drug-likeness (QED) is 0.353. The Labute approximate surface area is 208 Å². The Kier molecular flexibility index (Phi) is 7.10. The van der Waals surface area contributed by atoms with Crippen LogP contribution in [0.5, 0.6) is 0 Å². The molecule has 9 nitrogen and oxygen atoms in total. The molecule has 0 bridgehead atoms. The van der Waals surface area contributed by atoms with Gasteiger partial charge in [-0.2, -0.15) is 5.10 Å². The minimum absolute atomic E-state index is 0.110.